The first-order chi connectivity index (χ1) is 7.06. The van der Waals surface area contributed by atoms with Gasteiger partial charge in [0.25, 0.3) is 0 Å². The van der Waals surface area contributed by atoms with Gasteiger partial charge in [0, 0.05) is 12.1 Å². The third-order valence-electron chi connectivity index (χ3n) is 2.08. The molecule has 0 fully saturated rings. The van der Waals surface area contributed by atoms with Gasteiger partial charge in [0.1, 0.15) is 17.7 Å². The van der Waals surface area contributed by atoms with Crippen LogP contribution < -0.4 is 5.32 Å². The molecule has 0 heterocycles. The summed E-state index contributed by atoms with van der Waals surface area (Å²) < 4.78 is 13.2. The van der Waals surface area contributed by atoms with Crippen LogP contribution in [-0.4, -0.2) is 35.0 Å². The summed E-state index contributed by atoms with van der Waals surface area (Å²) in [5, 5.41) is 30.8. The van der Waals surface area contributed by atoms with E-state index in [0.29, 0.717) is 0 Å². The molecule has 84 valence electrons. The van der Waals surface area contributed by atoms with E-state index in [1.54, 1.807) is 7.05 Å². The number of phenols is 1. The SMILES string of the molecule is CNCC(O)C(O)c1cc(O)ccc1F. The molecule has 0 spiro atoms. The first-order valence-corrected chi connectivity index (χ1v) is 4.55. The molecule has 2 atom stereocenters. The highest BCUT2D eigenvalue weighted by Crippen LogP contribution is 2.23. The van der Waals surface area contributed by atoms with Crippen LogP contribution in [-0.2, 0) is 0 Å². The molecular weight excluding hydrogens is 201 g/mol. The van der Waals surface area contributed by atoms with Crippen molar-refractivity contribution in [3.05, 3.63) is 29.6 Å². The van der Waals surface area contributed by atoms with Gasteiger partial charge >= 0.3 is 0 Å². The molecule has 0 aliphatic carbocycles. The second-order valence-electron chi connectivity index (χ2n) is 3.28. The molecule has 1 aromatic carbocycles. The van der Waals surface area contributed by atoms with Gasteiger partial charge in [-0.1, -0.05) is 0 Å². The van der Waals surface area contributed by atoms with Crippen molar-refractivity contribution in [2.24, 2.45) is 0 Å². The van der Waals surface area contributed by atoms with Crippen molar-refractivity contribution < 1.29 is 19.7 Å². The number of hydrogen-bond donors (Lipinski definition) is 4. The highest BCUT2D eigenvalue weighted by atomic mass is 19.1. The molecule has 0 amide bonds. The van der Waals surface area contributed by atoms with Gasteiger partial charge in [0.2, 0.25) is 0 Å². The molecule has 0 bridgehead atoms. The van der Waals surface area contributed by atoms with Crippen LogP contribution in [0.4, 0.5) is 4.39 Å². The maximum atomic E-state index is 13.2. The number of aliphatic hydroxyl groups is 2. The fourth-order valence-electron chi connectivity index (χ4n) is 1.29. The van der Waals surface area contributed by atoms with Gasteiger partial charge in [-0.25, -0.2) is 4.39 Å². The number of phenolic OH excluding ortho intramolecular Hbond substituents is 1. The van der Waals surface area contributed by atoms with Crippen LogP contribution in [0.25, 0.3) is 0 Å². The van der Waals surface area contributed by atoms with Crippen molar-refractivity contribution in [1.82, 2.24) is 5.32 Å². The summed E-state index contributed by atoms with van der Waals surface area (Å²) in [5.41, 5.74) is -0.113. The van der Waals surface area contributed by atoms with Crippen LogP contribution in [0.1, 0.15) is 11.7 Å². The van der Waals surface area contributed by atoms with Gasteiger partial charge in [-0.15, -0.1) is 0 Å². The monoisotopic (exact) mass is 215 g/mol. The predicted molar refractivity (Wildman–Crippen MR) is 53.0 cm³/mol. The molecule has 4 N–H and O–H groups in total. The van der Waals surface area contributed by atoms with Gasteiger partial charge in [0.05, 0.1) is 6.10 Å². The van der Waals surface area contributed by atoms with Crippen molar-refractivity contribution >= 4 is 0 Å². The molecule has 1 rings (SSSR count). The summed E-state index contributed by atoms with van der Waals surface area (Å²) in [7, 11) is 1.61. The number of aromatic hydroxyl groups is 1. The van der Waals surface area contributed by atoms with Crippen LogP contribution in [0.5, 0.6) is 5.75 Å². The molecule has 0 aliphatic rings. The fourth-order valence-corrected chi connectivity index (χ4v) is 1.29. The van der Waals surface area contributed by atoms with E-state index >= 15 is 0 Å². The van der Waals surface area contributed by atoms with E-state index < -0.39 is 18.0 Å². The average molecular weight is 215 g/mol. The molecule has 0 saturated carbocycles. The fraction of sp³-hybridized carbons (Fsp3) is 0.400. The van der Waals surface area contributed by atoms with Gasteiger partial charge < -0.3 is 20.6 Å². The number of likely N-dealkylation sites (N-methyl/N-ethyl adjacent to an activating group) is 1. The number of halogens is 1. The number of hydrogen-bond acceptors (Lipinski definition) is 4. The Labute approximate surface area is 87.0 Å². The number of aliphatic hydroxyl groups excluding tert-OH is 2. The molecule has 15 heavy (non-hydrogen) atoms. The molecule has 2 unspecified atom stereocenters. The average Bonchev–Trinajstić information content (AvgIpc) is 2.21. The standard InChI is InChI=1S/C10H14FNO3/c1-12-5-9(14)10(15)7-4-6(13)2-3-8(7)11/h2-4,9-10,12-15H,5H2,1H3. The molecule has 4 nitrogen and oxygen atoms in total. The first kappa shape index (κ1) is 11.9. The van der Waals surface area contributed by atoms with E-state index in [-0.39, 0.29) is 17.9 Å². The third kappa shape index (κ3) is 2.89. The lowest BCUT2D eigenvalue weighted by atomic mass is 10.0. The molecule has 0 aromatic heterocycles. The lowest BCUT2D eigenvalue weighted by Crippen LogP contribution is -2.30. The van der Waals surface area contributed by atoms with Crippen LogP contribution in [0.2, 0.25) is 0 Å². The second-order valence-corrected chi connectivity index (χ2v) is 3.28. The van der Waals surface area contributed by atoms with E-state index in [9.17, 15) is 14.6 Å². The van der Waals surface area contributed by atoms with Crippen molar-refractivity contribution in [2.45, 2.75) is 12.2 Å². The summed E-state index contributed by atoms with van der Waals surface area (Å²) in [6, 6.07) is 3.31. The second kappa shape index (κ2) is 5.06. The number of benzene rings is 1. The van der Waals surface area contributed by atoms with Crippen LogP contribution in [0.3, 0.4) is 0 Å². The van der Waals surface area contributed by atoms with E-state index in [4.69, 9.17) is 5.11 Å². The Morgan fingerprint density at radius 1 is 1.40 bits per heavy atom. The highest BCUT2D eigenvalue weighted by molar-refractivity contribution is 5.30. The quantitative estimate of drug-likeness (QED) is 0.576. The molecule has 0 aliphatic heterocycles. The van der Waals surface area contributed by atoms with Crippen LogP contribution in [0.15, 0.2) is 18.2 Å². The summed E-state index contributed by atoms with van der Waals surface area (Å²) in [5.74, 6) is -0.808. The summed E-state index contributed by atoms with van der Waals surface area (Å²) in [4.78, 5) is 0. The maximum absolute atomic E-state index is 13.2. The Morgan fingerprint density at radius 2 is 2.07 bits per heavy atom. The Hall–Kier alpha value is -1.17. The topological polar surface area (TPSA) is 72.7 Å². The lowest BCUT2D eigenvalue weighted by molar-refractivity contribution is 0.0180. The summed E-state index contributed by atoms with van der Waals surface area (Å²) in [6.07, 6.45) is -2.48. The summed E-state index contributed by atoms with van der Waals surface area (Å²) in [6.45, 7) is 0.135. The van der Waals surface area contributed by atoms with Gasteiger partial charge in [0.15, 0.2) is 0 Å². The van der Waals surface area contributed by atoms with Gasteiger partial charge in [-0.3, -0.25) is 0 Å². The Balaban J connectivity index is 2.89. The van der Waals surface area contributed by atoms with Gasteiger partial charge in [-0.05, 0) is 25.2 Å². The first-order valence-electron chi connectivity index (χ1n) is 4.55. The molecule has 0 saturated heterocycles. The zero-order valence-corrected chi connectivity index (χ0v) is 8.31. The number of nitrogens with one attached hydrogen (secondary N) is 1. The Bertz CT molecular complexity index is 332. The minimum Gasteiger partial charge on any atom is -0.508 e. The third-order valence-corrected chi connectivity index (χ3v) is 2.08. The zero-order chi connectivity index (χ0) is 11.4. The largest absolute Gasteiger partial charge is 0.508 e. The van der Waals surface area contributed by atoms with E-state index in [1.807, 2.05) is 0 Å². The van der Waals surface area contributed by atoms with E-state index in [0.717, 1.165) is 12.1 Å². The van der Waals surface area contributed by atoms with E-state index in [1.165, 1.54) is 6.07 Å². The smallest absolute Gasteiger partial charge is 0.129 e. The molecule has 0 radical (unpaired) electrons. The Morgan fingerprint density at radius 3 is 2.67 bits per heavy atom. The normalized spacial score (nSPS) is 14.9. The van der Waals surface area contributed by atoms with Crippen molar-refractivity contribution in [1.29, 1.82) is 0 Å². The van der Waals surface area contributed by atoms with Crippen molar-refractivity contribution in [3.63, 3.8) is 0 Å². The Kier molecular flexibility index (Phi) is 4.02. The predicted octanol–water partition coefficient (Wildman–Crippen LogP) is 0.145. The minimum atomic E-state index is -1.36. The van der Waals surface area contributed by atoms with Crippen LogP contribution in [0, 0.1) is 5.82 Å². The molecule has 5 heteroatoms. The van der Waals surface area contributed by atoms with Crippen LogP contribution >= 0.6 is 0 Å². The van der Waals surface area contributed by atoms with E-state index in [2.05, 4.69) is 5.32 Å². The lowest BCUT2D eigenvalue weighted by Gasteiger charge is -2.18. The molecular formula is C10H14FNO3. The molecule has 1 aromatic rings. The van der Waals surface area contributed by atoms with Gasteiger partial charge in [-0.2, -0.15) is 0 Å². The number of rotatable bonds is 4. The van der Waals surface area contributed by atoms with Crippen molar-refractivity contribution in [3.8, 4) is 5.75 Å². The van der Waals surface area contributed by atoms with Crippen molar-refractivity contribution in [2.75, 3.05) is 13.6 Å². The zero-order valence-electron chi connectivity index (χ0n) is 8.31. The summed E-state index contributed by atoms with van der Waals surface area (Å²) >= 11 is 0. The maximum Gasteiger partial charge on any atom is 0.129 e. The highest BCUT2D eigenvalue weighted by Gasteiger charge is 2.21. The minimum absolute atomic E-state index is 0.113.